The van der Waals surface area contributed by atoms with Gasteiger partial charge in [0.1, 0.15) is 0 Å². The predicted octanol–water partition coefficient (Wildman–Crippen LogP) is 6.06. The summed E-state index contributed by atoms with van der Waals surface area (Å²) in [7, 11) is 0. The second-order valence-electron chi connectivity index (χ2n) is 7.17. The number of carbonyl (C=O) groups excluding carboxylic acids is 1. The quantitative estimate of drug-likeness (QED) is 0.440. The largest absolute Gasteiger partial charge is 0.436 e. The molecule has 0 fully saturated rings. The van der Waals surface area contributed by atoms with Gasteiger partial charge in [0.25, 0.3) is 0 Å². The van der Waals surface area contributed by atoms with Crippen molar-refractivity contribution in [3.63, 3.8) is 0 Å². The Labute approximate surface area is 197 Å². The molecule has 0 aliphatic heterocycles. The third kappa shape index (κ3) is 5.05. The monoisotopic (exact) mass is 507 g/mol. The summed E-state index contributed by atoms with van der Waals surface area (Å²) in [6, 6.07) is 5.20. The van der Waals surface area contributed by atoms with E-state index in [0.717, 1.165) is 4.68 Å². The Hall–Kier alpha value is -2.23. The lowest BCUT2D eigenvalue weighted by molar-refractivity contribution is -0.141. The summed E-state index contributed by atoms with van der Waals surface area (Å²) in [5, 5.41) is 11.2. The Balaban J connectivity index is 1.71. The van der Waals surface area contributed by atoms with Gasteiger partial charge in [-0.2, -0.15) is 23.4 Å². The lowest BCUT2D eigenvalue weighted by atomic mass is 10.2. The van der Waals surface area contributed by atoms with Crippen molar-refractivity contribution in [2.45, 2.75) is 46.5 Å². The molecule has 0 spiro atoms. The number of rotatable bonds is 6. The lowest BCUT2D eigenvalue weighted by Crippen LogP contribution is -2.17. The van der Waals surface area contributed by atoms with Crippen LogP contribution in [-0.2, 0) is 24.1 Å². The number of nitrogens with one attached hydrogen (secondary N) is 1. The molecule has 0 unspecified atom stereocenters. The van der Waals surface area contributed by atoms with Crippen molar-refractivity contribution in [1.29, 1.82) is 0 Å². The topological polar surface area (TPSA) is 64.7 Å². The summed E-state index contributed by atoms with van der Waals surface area (Å²) >= 11 is 18.2. The average Bonchev–Trinajstić information content (AvgIpc) is 3.13. The zero-order valence-electron chi connectivity index (χ0n) is 17.3. The summed E-state index contributed by atoms with van der Waals surface area (Å²) in [6.07, 6.45) is -4.76. The number of halogens is 6. The fraction of sp³-hybridized carbons (Fsp3) is 0.350. The molecule has 3 aromatic rings. The molecule has 3 rings (SSSR count). The van der Waals surface area contributed by atoms with Crippen LogP contribution in [0.5, 0.6) is 0 Å². The molecule has 0 saturated heterocycles. The minimum Gasteiger partial charge on any atom is -0.323 e. The Kier molecular flexibility index (Phi) is 7.12. The highest BCUT2D eigenvalue weighted by molar-refractivity contribution is 6.36. The Morgan fingerprint density at radius 3 is 2.22 bits per heavy atom. The second kappa shape index (κ2) is 9.33. The van der Waals surface area contributed by atoms with E-state index >= 15 is 0 Å². The van der Waals surface area contributed by atoms with Crippen LogP contribution in [0.15, 0.2) is 18.2 Å². The van der Waals surface area contributed by atoms with Gasteiger partial charge in [0.2, 0.25) is 5.91 Å². The minimum atomic E-state index is -4.66. The van der Waals surface area contributed by atoms with E-state index in [1.54, 1.807) is 36.7 Å². The molecular formula is C20H19Cl3F3N5O. The first-order valence-corrected chi connectivity index (χ1v) is 10.6. The van der Waals surface area contributed by atoms with E-state index in [9.17, 15) is 18.0 Å². The zero-order chi connectivity index (χ0) is 23.8. The van der Waals surface area contributed by atoms with Crippen molar-refractivity contribution >= 4 is 46.4 Å². The number of anilines is 1. The van der Waals surface area contributed by atoms with Crippen molar-refractivity contribution in [3.05, 3.63) is 61.6 Å². The molecule has 172 valence electrons. The summed E-state index contributed by atoms with van der Waals surface area (Å²) in [5.41, 5.74) is 1.46. The maximum absolute atomic E-state index is 13.0. The summed E-state index contributed by atoms with van der Waals surface area (Å²) < 4.78 is 41.6. The SMILES string of the molecule is Cc1nn(Cc2c(Cl)cccc2Cl)c(C)c1NC(=O)CCn1nc(C(F)(F)F)c(Cl)c1C. The average molecular weight is 509 g/mol. The summed E-state index contributed by atoms with van der Waals surface area (Å²) in [4.78, 5) is 12.5. The van der Waals surface area contributed by atoms with Crippen LogP contribution >= 0.6 is 34.8 Å². The van der Waals surface area contributed by atoms with Crippen LogP contribution in [0.2, 0.25) is 15.1 Å². The molecule has 0 radical (unpaired) electrons. The number of alkyl halides is 3. The first-order chi connectivity index (χ1) is 14.9. The summed E-state index contributed by atoms with van der Waals surface area (Å²) in [6.45, 7) is 5.19. The number of amides is 1. The maximum atomic E-state index is 13.0. The van der Waals surface area contributed by atoms with Gasteiger partial charge >= 0.3 is 6.18 Å². The molecule has 0 bridgehead atoms. The molecule has 12 heteroatoms. The highest BCUT2D eigenvalue weighted by atomic mass is 35.5. The lowest BCUT2D eigenvalue weighted by Gasteiger charge is -2.10. The molecular weight excluding hydrogens is 490 g/mol. The van der Waals surface area contributed by atoms with Crippen molar-refractivity contribution < 1.29 is 18.0 Å². The molecule has 0 saturated carbocycles. The molecule has 0 aliphatic carbocycles. The van der Waals surface area contributed by atoms with Gasteiger partial charge in [0, 0.05) is 22.0 Å². The Morgan fingerprint density at radius 2 is 1.66 bits per heavy atom. The van der Waals surface area contributed by atoms with Gasteiger partial charge in [-0.3, -0.25) is 14.2 Å². The zero-order valence-corrected chi connectivity index (χ0v) is 19.6. The Morgan fingerprint density at radius 1 is 1.03 bits per heavy atom. The number of hydrogen-bond acceptors (Lipinski definition) is 3. The van der Waals surface area contributed by atoms with Crippen LogP contribution in [0.3, 0.4) is 0 Å². The molecule has 32 heavy (non-hydrogen) atoms. The van der Waals surface area contributed by atoms with Crippen molar-refractivity contribution in [3.8, 4) is 0 Å². The van der Waals surface area contributed by atoms with Gasteiger partial charge in [0.05, 0.1) is 40.9 Å². The number of benzene rings is 1. The number of aromatic nitrogens is 4. The fourth-order valence-electron chi connectivity index (χ4n) is 3.20. The van der Waals surface area contributed by atoms with E-state index in [1.165, 1.54) is 6.92 Å². The van der Waals surface area contributed by atoms with E-state index < -0.39 is 22.8 Å². The van der Waals surface area contributed by atoms with Gasteiger partial charge in [-0.25, -0.2) is 0 Å². The number of carbonyl (C=O) groups is 1. The van der Waals surface area contributed by atoms with Crippen LogP contribution in [0.1, 0.15) is 34.8 Å². The summed E-state index contributed by atoms with van der Waals surface area (Å²) in [5.74, 6) is -0.397. The van der Waals surface area contributed by atoms with Crippen LogP contribution in [0.25, 0.3) is 0 Å². The van der Waals surface area contributed by atoms with Gasteiger partial charge in [-0.15, -0.1) is 0 Å². The first-order valence-electron chi connectivity index (χ1n) is 9.47. The maximum Gasteiger partial charge on any atom is 0.436 e. The minimum absolute atomic E-state index is 0.0606. The number of hydrogen-bond donors (Lipinski definition) is 1. The molecule has 1 N–H and O–H groups in total. The van der Waals surface area contributed by atoms with Crippen LogP contribution in [-0.4, -0.2) is 25.5 Å². The fourth-order valence-corrected chi connectivity index (χ4v) is 3.96. The predicted molar refractivity (Wildman–Crippen MR) is 117 cm³/mol. The van der Waals surface area contributed by atoms with E-state index in [4.69, 9.17) is 34.8 Å². The molecule has 1 aromatic carbocycles. The first kappa shape index (κ1) is 24.4. The van der Waals surface area contributed by atoms with Crippen LogP contribution in [0.4, 0.5) is 18.9 Å². The van der Waals surface area contributed by atoms with Gasteiger partial charge in [0.15, 0.2) is 5.69 Å². The normalized spacial score (nSPS) is 11.8. The van der Waals surface area contributed by atoms with Gasteiger partial charge < -0.3 is 5.32 Å². The number of nitrogens with zero attached hydrogens (tertiary/aromatic N) is 4. The molecule has 0 aliphatic rings. The van der Waals surface area contributed by atoms with E-state index in [1.807, 2.05) is 0 Å². The van der Waals surface area contributed by atoms with Crippen LogP contribution in [0, 0.1) is 20.8 Å². The smallest absolute Gasteiger partial charge is 0.323 e. The molecule has 0 atom stereocenters. The highest BCUT2D eigenvalue weighted by Gasteiger charge is 2.38. The molecule has 6 nitrogen and oxygen atoms in total. The molecule has 1 amide bonds. The standard InChI is InChI=1S/C20H19Cl3F3N5O/c1-10-18(12(3)31(28-10)9-13-14(21)5-4-6-15(13)22)27-16(32)7-8-30-11(2)17(23)19(29-30)20(24,25)26/h4-6H,7-9H2,1-3H3,(H,27,32). The van der Waals surface area contributed by atoms with E-state index in [2.05, 4.69) is 15.5 Å². The number of aryl methyl sites for hydroxylation is 2. The van der Waals surface area contributed by atoms with Crippen LogP contribution < -0.4 is 5.32 Å². The molecule has 2 aromatic heterocycles. The van der Waals surface area contributed by atoms with Crippen molar-refractivity contribution in [1.82, 2.24) is 19.6 Å². The third-order valence-corrected chi connectivity index (χ3v) is 6.13. The third-order valence-electron chi connectivity index (χ3n) is 4.97. The second-order valence-corrected chi connectivity index (χ2v) is 8.36. The van der Waals surface area contributed by atoms with Gasteiger partial charge in [-0.05, 0) is 32.9 Å². The van der Waals surface area contributed by atoms with E-state index in [-0.39, 0.29) is 18.7 Å². The molecule has 2 heterocycles. The van der Waals surface area contributed by atoms with E-state index in [0.29, 0.717) is 39.2 Å². The van der Waals surface area contributed by atoms with Gasteiger partial charge in [-0.1, -0.05) is 40.9 Å². The van der Waals surface area contributed by atoms with Crippen molar-refractivity contribution in [2.75, 3.05) is 5.32 Å². The highest BCUT2D eigenvalue weighted by Crippen LogP contribution is 2.35. The Bertz CT molecular complexity index is 1150. The van der Waals surface area contributed by atoms with Crippen molar-refractivity contribution in [2.24, 2.45) is 0 Å².